The summed E-state index contributed by atoms with van der Waals surface area (Å²) < 4.78 is 38.1. The number of amides is 1. The molecule has 0 radical (unpaired) electrons. The van der Waals surface area contributed by atoms with Crippen LogP contribution in [0.3, 0.4) is 0 Å². The third kappa shape index (κ3) is 4.45. The third-order valence-corrected chi connectivity index (χ3v) is 3.19. The van der Waals surface area contributed by atoms with E-state index in [1.807, 2.05) is 0 Å². The lowest BCUT2D eigenvalue weighted by molar-refractivity contribution is 0.100. The molecule has 2 aromatic carbocycles. The number of hydrogen-bond donors (Lipinski definition) is 2. The molecule has 116 valence electrons. The number of anilines is 1. The average molecular weight is 324 g/mol. The van der Waals surface area contributed by atoms with Gasteiger partial charge in [-0.2, -0.15) is 8.42 Å². The Bertz CT molecular complexity index is 776. The SMILES string of the molecule is NC(=O)c1ccc(NCc2ccccc2OS(=O)(=O)F)cc1. The monoisotopic (exact) mass is 324 g/mol. The molecule has 0 aromatic heterocycles. The molecule has 0 aliphatic rings. The topological polar surface area (TPSA) is 98.5 Å². The van der Waals surface area contributed by atoms with Crippen LogP contribution in [0.4, 0.5) is 9.57 Å². The van der Waals surface area contributed by atoms with Crippen molar-refractivity contribution in [3.63, 3.8) is 0 Å². The van der Waals surface area contributed by atoms with Crippen LogP contribution in [-0.2, 0) is 17.0 Å². The van der Waals surface area contributed by atoms with Crippen molar-refractivity contribution in [1.82, 2.24) is 0 Å². The zero-order valence-electron chi connectivity index (χ0n) is 11.3. The van der Waals surface area contributed by atoms with Crippen LogP contribution in [0.5, 0.6) is 5.75 Å². The van der Waals surface area contributed by atoms with Crippen molar-refractivity contribution < 1.29 is 21.3 Å². The highest BCUT2D eigenvalue weighted by Gasteiger charge is 2.12. The van der Waals surface area contributed by atoms with E-state index < -0.39 is 16.4 Å². The highest BCUT2D eigenvalue weighted by atomic mass is 32.3. The summed E-state index contributed by atoms with van der Waals surface area (Å²) in [6.07, 6.45) is 0. The molecular formula is C14H13FN2O4S. The molecule has 3 N–H and O–H groups in total. The zero-order valence-corrected chi connectivity index (χ0v) is 12.1. The number of benzene rings is 2. The molecule has 0 saturated heterocycles. The van der Waals surface area contributed by atoms with Gasteiger partial charge in [0.1, 0.15) is 5.75 Å². The van der Waals surface area contributed by atoms with Gasteiger partial charge in [0.15, 0.2) is 0 Å². The Morgan fingerprint density at radius 3 is 2.36 bits per heavy atom. The van der Waals surface area contributed by atoms with E-state index in [1.165, 1.54) is 12.1 Å². The van der Waals surface area contributed by atoms with E-state index in [4.69, 9.17) is 5.73 Å². The molecular weight excluding hydrogens is 311 g/mol. The van der Waals surface area contributed by atoms with Crippen LogP contribution in [0.15, 0.2) is 48.5 Å². The molecule has 0 aliphatic carbocycles. The molecule has 0 unspecified atom stereocenters. The van der Waals surface area contributed by atoms with Crippen molar-refractivity contribution in [3.05, 3.63) is 59.7 Å². The smallest absolute Gasteiger partial charge is 0.381 e. The first-order valence-corrected chi connectivity index (χ1v) is 7.52. The second kappa shape index (κ2) is 6.44. The molecule has 2 aromatic rings. The van der Waals surface area contributed by atoms with Crippen LogP contribution in [-0.4, -0.2) is 14.3 Å². The standard InChI is InChI=1S/C14H13FN2O4S/c15-22(19,20)21-13-4-2-1-3-11(13)9-17-12-7-5-10(6-8-12)14(16)18/h1-8,17H,9H2,(H2,16,18). The number of carbonyl (C=O) groups excluding carboxylic acids is 1. The Morgan fingerprint density at radius 1 is 1.14 bits per heavy atom. The number of carbonyl (C=O) groups is 1. The molecule has 1 amide bonds. The van der Waals surface area contributed by atoms with Gasteiger partial charge in [-0.1, -0.05) is 22.1 Å². The Morgan fingerprint density at radius 2 is 1.77 bits per heavy atom. The van der Waals surface area contributed by atoms with Crippen molar-refractivity contribution >= 4 is 22.1 Å². The van der Waals surface area contributed by atoms with Gasteiger partial charge in [0.05, 0.1) is 0 Å². The Hall–Kier alpha value is -2.61. The Kier molecular flexibility index (Phi) is 4.62. The molecule has 0 atom stereocenters. The number of halogens is 1. The van der Waals surface area contributed by atoms with Gasteiger partial charge in [-0.3, -0.25) is 4.79 Å². The molecule has 0 fully saturated rings. The van der Waals surface area contributed by atoms with E-state index in [-0.39, 0.29) is 12.3 Å². The van der Waals surface area contributed by atoms with Crippen molar-refractivity contribution in [3.8, 4) is 5.75 Å². The second-order valence-electron chi connectivity index (χ2n) is 4.38. The molecule has 8 heteroatoms. The van der Waals surface area contributed by atoms with Gasteiger partial charge in [0, 0.05) is 23.4 Å². The van der Waals surface area contributed by atoms with Crippen LogP contribution in [0.1, 0.15) is 15.9 Å². The van der Waals surface area contributed by atoms with Gasteiger partial charge in [-0.25, -0.2) is 0 Å². The number of primary amides is 1. The fourth-order valence-corrected chi connectivity index (χ4v) is 2.17. The third-order valence-electron chi connectivity index (χ3n) is 2.81. The van der Waals surface area contributed by atoms with E-state index in [9.17, 15) is 17.1 Å². The summed E-state index contributed by atoms with van der Waals surface area (Å²) in [6, 6.07) is 12.6. The minimum absolute atomic E-state index is 0.0914. The predicted octanol–water partition coefficient (Wildman–Crippen LogP) is 1.99. The Labute approximate surface area is 127 Å². The second-order valence-corrected chi connectivity index (χ2v) is 5.33. The predicted molar refractivity (Wildman–Crippen MR) is 79.4 cm³/mol. The van der Waals surface area contributed by atoms with Gasteiger partial charge in [-0.15, -0.1) is 0 Å². The summed E-state index contributed by atoms with van der Waals surface area (Å²) in [5.41, 5.74) is 6.66. The van der Waals surface area contributed by atoms with Crippen molar-refractivity contribution in [2.24, 2.45) is 5.73 Å². The first-order chi connectivity index (χ1) is 10.3. The molecule has 6 nitrogen and oxygen atoms in total. The quantitative estimate of drug-likeness (QED) is 0.792. The van der Waals surface area contributed by atoms with Crippen molar-refractivity contribution in [2.45, 2.75) is 6.54 Å². The molecule has 2 rings (SSSR count). The van der Waals surface area contributed by atoms with Gasteiger partial charge >= 0.3 is 10.5 Å². The molecule has 0 aliphatic heterocycles. The fraction of sp³-hybridized carbons (Fsp3) is 0.0714. The van der Waals surface area contributed by atoms with E-state index in [1.54, 1.807) is 36.4 Å². The molecule has 0 spiro atoms. The normalized spacial score (nSPS) is 11.0. The van der Waals surface area contributed by atoms with Crippen LogP contribution in [0, 0.1) is 0 Å². The maximum Gasteiger partial charge on any atom is 0.488 e. The summed E-state index contributed by atoms with van der Waals surface area (Å²) in [7, 11) is -5.08. The van der Waals surface area contributed by atoms with E-state index in [2.05, 4.69) is 9.50 Å². The fourth-order valence-electron chi connectivity index (χ4n) is 1.79. The lowest BCUT2D eigenvalue weighted by Gasteiger charge is -2.10. The summed E-state index contributed by atoms with van der Waals surface area (Å²) in [6.45, 7) is 0.210. The largest absolute Gasteiger partial charge is 0.488 e. The molecule has 22 heavy (non-hydrogen) atoms. The summed E-state index contributed by atoms with van der Waals surface area (Å²) >= 11 is 0. The van der Waals surface area contributed by atoms with Crippen LogP contribution in [0.25, 0.3) is 0 Å². The highest BCUT2D eigenvalue weighted by molar-refractivity contribution is 7.81. The van der Waals surface area contributed by atoms with Gasteiger partial charge in [0.2, 0.25) is 5.91 Å². The maximum absolute atomic E-state index is 12.6. The number of nitrogens with one attached hydrogen (secondary N) is 1. The Balaban J connectivity index is 2.10. The number of nitrogens with two attached hydrogens (primary N) is 1. The van der Waals surface area contributed by atoms with E-state index in [0.29, 0.717) is 16.8 Å². The van der Waals surface area contributed by atoms with Gasteiger partial charge in [0.25, 0.3) is 0 Å². The zero-order chi connectivity index (χ0) is 16.2. The van der Waals surface area contributed by atoms with E-state index in [0.717, 1.165) is 0 Å². The van der Waals surface area contributed by atoms with Crippen LogP contribution < -0.4 is 15.2 Å². The highest BCUT2D eigenvalue weighted by Crippen LogP contribution is 2.21. The summed E-state index contributed by atoms with van der Waals surface area (Å²) in [4.78, 5) is 11.0. The first kappa shape index (κ1) is 15.8. The maximum atomic E-state index is 12.6. The molecule has 0 saturated carbocycles. The van der Waals surface area contributed by atoms with Gasteiger partial charge in [-0.05, 0) is 30.3 Å². The summed E-state index contributed by atoms with van der Waals surface area (Å²) in [5.74, 6) is -0.621. The number of rotatable bonds is 6. The van der Waals surface area contributed by atoms with Gasteiger partial charge < -0.3 is 15.2 Å². The summed E-state index contributed by atoms with van der Waals surface area (Å²) in [5, 5.41) is 3.00. The number of hydrogen-bond acceptors (Lipinski definition) is 5. The van der Waals surface area contributed by atoms with Crippen LogP contribution >= 0.6 is 0 Å². The van der Waals surface area contributed by atoms with Crippen molar-refractivity contribution in [2.75, 3.05) is 5.32 Å². The molecule has 0 heterocycles. The minimum Gasteiger partial charge on any atom is -0.381 e. The van der Waals surface area contributed by atoms with Crippen molar-refractivity contribution in [1.29, 1.82) is 0 Å². The molecule has 0 bridgehead atoms. The first-order valence-electron chi connectivity index (χ1n) is 6.21. The van der Waals surface area contributed by atoms with Crippen LogP contribution in [0.2, 0.25) is 0 Å². The average Bonchev–Trinajstić information content (AvgIpc) is 2.45. The lowest BCUT2D eigenvalue weighted by atomic mass is 10.1. The number of para-hydroxylation sites is 1. The van der Waals surface area contributed by atoms with E-state index >= 15 is 0 Å². The lowest BCUT2D eigenvalue weighted by Crippen LogP contribution is -2.10. The minimum atomic E-state index is -5.08.